The number of anilines is 1. The molecule has 28 heavy (non-hydrogen) atoms. The van der Waals surface area contributed by atoms with Crippen LogP contribution in [0.2, 0.25) is 0 Å². The lowest BCUT2D eigenvalue weighted by Gasteiger charge is -2.26. The van der Waals surface area contributed by atoms with Crippen molar-refractivity contribution in [3.63, 3.8) is 0 Å². The van der Waals surface area contributed by atoms with Crippen molar-refractivity contribution in [3.8, 4) is 5.75 Å². The van der Waals surface area contributed by atoms with Crippen molar-refractivity contribution in [2.75, 3.05) is 18.5 Å². The number of nitrogens with one attached hydrogen (secondary N) is 1. The van der Waals surface area contributed by atoms with Crippen molar-refractivity contribution in [2.24, 2.45) is 0 Å². The molecule has 7 heteroatoms. The molecule has 0 spiro atoms. The fraction of sp³-hybridized carbons (Fsp3) is 0.190. The topological polar surface area (TPSA) is 71.5 Å². The molecule has 4 rings (SSSR count). The number of carbonyl (C=O) groups is 2. The summed E-state index contributed by atoms with van der Waals surface area (Å²) in [7, 11) is 0. The summed E-state index contributed by atoms with van der Waals surface area (Å²) in [5.41, 5.74) is 1.63. The van der Waals surface area contributed by atoms with Crippen molar-refractivity contribution in [2.45, 2.75) is 13.0 Å². The summed E-state index contributed by atoms with van der Waals surface area (Å²) < 4.78 is 5.45. The Balaban J connectivity index is 1.36. The van der Waals surface area contributed by atoms with Crippen LogP contribution >= 0.6 is 11.3 Å². The molecule has 6 nitrogen and oxygen atoms in total. The van der Waals surface area contributed by atoms with E-state index >= 15 is 0 Å². The van der Waals surface area contributed by atoms with Crippen LogP contribution in [0.1, 0.15) is 20.9 Å². The molecule has 1 N–H and O–H groups in total. The maximum atomic E-state index is 12.6. The molecular formula is C21H19N3O3S. The summed E-state index contributed by atoms with van der Waals surface area (Å²) in [6, 6.07) is 18.5. The van der Waals surface area contributed by atoms with Gasteiger partial charge in [0.05, 0.1) is 12.2 Å². The van der Waals surface area contributed by atoms with Crippen molar-refractivity contribution in [1.82, 2.24) is 9.88 Å². The molecule has 0 aliphatic carbocycles. The molecule has 0 unspecified atom stereocenters. The van der Waals surface area contributed by atoms with E-state index in [0.29, 0.717) is 36.0 Å². The third-order valence-electron chi connectivity index (χ3n) is 4.40. The standard InChI is InChI=1S/C21H19N3O3S/c25-19(14-27-16-9-5-2-6-10-16)23-21-22-17-11-12-24(13-18(17)28-21)20(26)15-7-3-1-4-8-15/h1-10H,11-14H2,(H,22,23,25). The van der Waals surface area contributed by atoms with E-state index in [9.17, 15) is 9.59 Å². The number of fused-ring (bicyclic) bond motifs is 1. The zero-order valence-corrected chi connectivity index (χ0v) is 15.9. The quantitative estimate of drug-likeness (QED) is 0.722. The fourth-order valence-electron chi connectivity index (χ4n) is 3.01. The van der Waals surface area contributed by atoms with Crippen LogP contribution in [0.5, 0.6) is 5.75 Å². The highest BCUT2D eigenvalue weighted by atomic mass is 32.1. The van der Waals surface area contributed by atoms with Gasteiger partial charge in [-0.2, -0.15) is 0 Å². The Labute approximate surface area is 166 Å². The number of thiazole rings is 1. The second kappa shape index (κ2) is 8.22. The van der Waals surface area contributed by atoms with E-state index in [1.807, 2.05) is 53.4 Å². The lowest BCUT2D eigenvalue weighted by molar-refractivity contribution is -0.118. The molecule has 2 aromatic carbocycles. The molecule has 0 fully saturated rings. The number of rotatable bonds is 5. The normalized spacial score (nSPS) is 12.9. The van der Waals surface area contributed by atoms with Gasteiger partial charge in [-0.15, -0.1) is 0 Å². The average molecular weight is 393 g/mol. The third kappa shape index (κ3) is 4.20. The van der Waals surface area contributed by atoms with Gasteiger partial charge in [-0.3, -0.25) is 14.9 Å². The van der Waals surface area contributed by atoms with Crippen LogP contribution in [-0.2, 0) is 17.8 Å². The molecule has 2 heterocycles. The number of hydrogen-bond donors (Lipinski definition) is 1. The first kappa shape index (κ1) is 18.2. The number of benzene rings is 2. The molecule has 0 atom stereocenters. The van der Waals surface area contributed by atoms with Crippen LogP contribution in [-0.4, -0.2) is 34.8 Å². The van der Waals surface area contributed by atoms with E-state index in [1.54, 1.807) is 12.1 Å². The second-order valence-corrected chi connectivity index (χ2v) is 7.47. The Morgan fingerprint density at radius 2 is 1.79 bits per heavy atom. The van der Waals surface area contributed by atoms with Gasteiger partial charge in [0.2, 0.25) is 0 Å². The highest BCUT2D eigenvalue weighted by molar-refractivity contribution is 7.15. The van der Waals surface area contributed by atoms with Gasteiger partial charge in [0.15, 0.2) is 11.7 Å². The van der Waals surface area contributed by atoms with Gasteiger partial charge in [0, 0.05) is 23.4 Å². The van der Waals surface area contributed by atoms with E-state index in [4.69, 9.17) is 4.74 Å². The highest BCUT2D eigenvalue weighted by Crippen LogP contribution is 2.29. The number of hydrogen-bond acceptors (Lipinski definition) is 5. The van der Waals surface area contributed by atoms with Crippen LogP contribution in [0.4, 0.5) is 5.13 Å². The minimum atomic E-state index is -0.257. The number of nitrogens with zero attached hydrogens (tertiary/aromatic N) is 2. The molecule has 1 aliphatic rings. The Morgan fingerprint density at radius 3 is 2.54 bits per heavy atom. The smallest absolute Gasteiger partial charge is 0.264 e. The summed E-state index contributed by atoms with van der Waals surface area (Å²) in [4.78, 5) is 32.1. The average Bonchev–Trinajstić information content (AvgIpc) is 3.14. The fourth-order valence-corrected chi connectivity index (χ4v) is 4.05. The van der Waals surface area contributed by atoms with Crippen molar-refractivity contribution in [3.05, 3.63) is 76.8 Å². The Bertz CT molecular complexity index is 973. The van der Waals surface area contributed by atoms with E-state index < -0.39 is 0 Å². The molecule has 2 amide bonds. The van der Waals surface area contributed by atoms with Gasteiger partial charge in [-0.1, -0.05) is 47.7 Å². The molecule has 0 saturated carbocycles. The summed E-state index contributed by atoms with van der Waals surface area (Å²) in [6.45, 7) is 1.05. The van der Waals surface area contributed by atoms with E-state index in [1.165, 1.54) is 11.3 Å². The number of ether oxygens (including phenoxy) is 1. The maximum absolute atomic E-state index is 12.6. The Morgan fingerprint density at radius 1 is 1.07 bits per heavy atom. The minimum Gasteiger partial charge on any atom is -0.484 e. The molecule has 0 radical (unpaired) electrons. The zero-order valence-electron chi connectivity index (χ0n) is 15.1. The second-order valence-electron chi connectivity index (χ2n) is 6.38. The molecule has 0 saturated heterocycles. The SMILES string of the molecule is O=C(COc1ccccc1)Nc1nc2c(s1)CN(C(=O)c1ccccc1)CC2. The van der Waals surface area contributed by atoms with Crippen LogP contribution in [0, 0.1) is 0 Å². The first-order valence-electron chi connectivity index (χ1n) is 8.99. The number of para-hydroxylation sites is 1. The first-order valence-corrected chi connectivity index (χ1v) is 9.81. The molecule has 142 valence electrons. The van der Waals surface area contributed by atoms with Crippen LogP contribution in [0.25, 0.3) is 0 Å². The van der Waals surface area contributed by atoms with Crippen molar-refractivity contribution < 1.29 is 14.3 Å². The molecule has 1 aromatic heterocycles. The van der Waals surface area contributed by atoms with Gasteiger partial charge in [0.1, 0.15) is 5.75 Å². The lowest BCUT2D eigenvalue weighted by atomic mass is 10.1. The van der Waals surface area contributed by atoms with Crippen LogP contribution in [0.3, 0.4) is 0 Å². The molecule has 0 bridgehead atoms. The van der Waals surface area contributed by atoms with Crippen LogP contribution < -0.4 is 10.1 Å². The molecular weight excluding hydrogens is 374 g/mol. The Hall–Kier alpha value is -3.19. The number of amides is 2. The van der Waals surface area contributed by atoms with E-state index in [0.717, 1.165) is 10.6 Å². The van der Waals surface area contributed by atoms with Crippen molar-refractivity contribution in [1.29, 1.82) is 0 Å². The van der Waals surface area contributed by atoms with E-state index in [-0.39, 0.29) is 18.4 Å². The summed E-state index contributed by atoms with van der Waals surface area (Å²) in [6.07, 6.45) is 0.681. The zero-order chi connectivity index (χ0) is 19.3. The summed E-state index contributed by atoms with van der Waals surface area (Å²) in [5.74, 6) is 0.403. The van der Waals surface area contributed by atoms with Gasteiger partial charge in [-0.25, -0.2) is 4.98 Å². The first-order chi connectivity index (χ1) is 13.7. The highest BCUT2D eigenvalue weighted by Gasteiger charge is 2.25. The lowest BCUT2D eigenvalue weighted by Crippen LogP contribution is -2.35. The van der Waals surface area contributed by atoms with Gasteiger partial charge < -0.3 is 9.64 Å². The predicted molar refractivity (Wildman–Crippen MR) is 108 cm³/mol. The predicted octanol–water partition coefficient (Wildman–Crippen LogP) is 3.36. The largest absolute Gasteiger partial charge is 0.484 e. The Kier molecular flexibility index (Phi) is 5.34. The third-order valence-corrected chi connectivity index (χ3v) is 5.40. The molecule has 3 aromatic rings. The van der Waals surface area contributed by atoms with Gasteiger partial charge in [-0.05, 0) is 24.3 Å². The maximum Gasteiger partial charge on any atom is 0.264 e. The monoisotopic (exact) mass is 393 g/mol. The minimum absolute atomic E-state index is 0.0153. The summed E-state index contributed by atoms with van der Waals surface area (Å²) >= 11 is 1.41. The number of carbonyl (C=O) groups excluding carboxylic acids is 2. The summed E-state index contributed by atoms with van der Waals surface area (Å²) in [5, 5.41) is 3.33. The van der Waals surface area contributed by atoms with Gasteiger partial charge in [0.25, 0.3) is 11.8 Å². The van der Waals surface area contributed by atoms with Gasteiger partial charge >= 0.3 is 0 Å². The number of aromatic nitrogens is 1. The van der Waals surface area contributed by atoms with E-state index in [2.05, 4.69) is 10.3 Å². The van der Waals surface area contributed by atoms with Crippen molar-refractivity contribution >= 4 is 28.3 Å². The van der Waals surface area contributed by atoms with Crippen LogP contribution in [0.15, 0.2) is 60.7 Å². The molecule has 1 aliphatic heterocycles.